The Bertz CT molecular complexity index is 558. The molecule has 1 aliphatic heterocycles. The highest BCUT2D eigenvalue weighted by molar-refractivity contribution is 8.00. The van der Waals surface area contributed by atoms with Crippen LogP contribution in [0.2, 0.25) is 10.0 Å². The third kappa shape index (κ3) is 5.28. The van der Waals surface area contributed by atoms with Crippen LogP contribution in [0.1, 0.15) is 0 Å². The molecule has 0 spiro atoms. The van der Waals surface area contributed by atoms with Crippen LogP contribution in [0.4, 0.5) is 0 Å². The first-order chi connectivity index (χ1) is 11.0. The summed E-state index contributed by atoms with van der Waals surface area (Å²) >= 11 is 13.6. The molecule has 2 rings (SSSR count). The Kier molecular flexibility index (Phi) is 7.02. The number of carbonyl (C=O) groups excluding carboxylic acids is 2. The maximum atomic E-state index is 12.3. The van der Waals surface area contributed by atoms with Crippen molar-refractivity contribution in [1.82, 2.24) is 15.1 Å². The molecule has 126 valence electrons. The molecule has 0 atom stereocenters. The highest BCUT2D eigenvalue weighted by Gasteiger charge is 2.22. The lowest BCUT2D eigenvalue weighted by atomic mass is 10.3. The molecule has 0 saturated carbocycles. The van der Waals surface area contributed by atoms with Gasteiger partial charge in [-0.15, -0.1) is 11.8 Å². The summed E-state index contributed by atoms with van der Waals surface area (Å²) in [4.78, 5) is 28.3. The van der Waals surface area contributed by atoms with Crippen molar-refractivity contribution in [2.45, 2.75) is 4.90 Å². The van der Waals surface area contributed by atoms with Gasteiger partial charge in [0.25, 0.3) is 0 Å². The van der Waals surface area contributed by atoms with Crippen LogP contribution in [0.5, 0.6) is 0 Å². The van der Waals surface area contributed by atoms with E-state index >= 15 is 0 Å². The summed E-state index contributed by atoms with van der Waals surface area (Å²) in [6.45, 7) is 3.05. The smallest absolute Gasteiger partial charge is 0.233 e. The van der Waals surface area contributed by atoms with Gasteiger partial charge in [-0.3, -0.25) is 14.5 Å². The Morgan fingerprint density at radius 2 is 1.78 bits per heavy atom. The van der Waals surface area contributed by atoms with Crippen molar-refractivity contribution >= 4 is 46.8 Å². The fourth-order valence-electron chi connectivity index (χ4n) is 2.28. The van der Waals surface area contributed by atoms with Gasteiger partial charge in [0.1, 0.15) is 0 Å². The Labute approximate surface area is 150 Å². The minimum Gasteiger partial charge on any atom is -0.358 e. The SMILES string of the molecule is CNC(=O)CN1CCN(C(=O)CSc2c(Cl)cccc2Cl)CC1. The average molecular weight is 376 g/mol. The second-order valence-corrected chi connectivity index (χ2v) is 6.97. The summed E-state index contributed by atoms with van der Waals surface area (Å²) in [5, 5.41) is 3.73. The van der Waals surface area contributed by atoms with Crippen molar-refractivity contribution in [3.63, 3.8) is 0 Å². The molecule has 1 saturated heterocycles. The van der Waals surface area contributed by atoms with Crippen molar-refractivity contribution in [2.24, 2.45) is 0 Å². The molecule has 0 aromatic heterocycles. The van der Waals surface area contributed by atoms with Crippen molar-refractivity contribution in [3.8, 4) is 0 Å². The van der Waals surface area contributed by atoms with Gasteiger partial charge in [-0.2, -0.15) is 0 Å². The van der Waals surface area contributed by atoms with E-state index in [0.717, 1.165) is 4.90 Å². The van der Waals surface area contributed by atoms with E-state index in [1.54, 1.807) is 25.2 Å². The minimum absolute atomic E-state index is 0.00584. The predicted octanol–water partition coefficient (Wildman–Crippen LogP) is 1.98. The van der Waals surface area contributed by atoms with E-state index in [2.05, 4.69) is 5.32 Å². The maximum absolute atomic E-state index is 12.3. The minimum atomic E-state index is -0.00584. The van der Waals surface area contributed by atoms with E-state index in [-0.39, 0.29) is 11.8 Å². The molecule has 2 amide bonds. The van der Waals surface area contributed by atoms with Gasteiger partial charge in [0.05, 0.1) is 22.3 Å². The van der Waals surface area contributed by atoms with Crippen molar-refractivity contribution in [2.75, 3.05) is 45.5 Å². The quantitative estimate of drug-likeness (QED) is 0.799. The number of halogens is 2. The van der Waals surface area contributed by atoms with Gasteiger partial charge in [0, 0.05) is 38.1 Å². The molecule has 8 heteroatoms. The third-order valence-electron chi connectivity index (χ3n) is 3.63. The molecule has 1 fully saturated rings. The Morgan fingerprint density at radius 1 is 1.17 bits per heavy atom. The van der Waals surface area contributed by atoms with Gasteiger partial charge in [-0.1, -0.05) is 29.3 Å². The topological polar surface area (TPSA) is 52.7 Å². The number of carbonyl (C=O) groups is 2. The lowest BCUT2D eigenvalue weighted by Gasteiger charge is -2.34. The van der Waals surface area contributed by atoms with Crippen LogP contribution in [-0.2, 0) is 9.59 Å². The first-order valence-corrected chi connectivity index (χ1v) is 9.03. The highest BCUT2D eigenvalue weighted by atomic mass is 35.5. The number of nitrogens with one attached hydrogen (secondary N) is 1. The number of amides is 2. The molecular formula is C15H19Cl2N3O2S. The first kappa shape index (κ1) is 18.4. The van der Waals surface area contributed by atoms with E-state index in [1.807, 2.05) is 9.80 Å². The monoisotopic (exact) mass is 375 g/mol. The van der Waals surface area contributed by atoms with Crippen molar-refractivity contribution in [1.29, 1.82) is 0 Å². The number of piperazine rings is 1. The predicted molar refractivity (Wildman–Crippen MR) is 94.3 cm³/mol. The number of hydrogen-bond acceptors (Lipinski definition) is 4. The molecule has 1 N–H and O–H groups in total. The van der Waals surface area contributed by atoms with Gasteiger partial charge in [-0.05, 0) is 12.1 Å². The zero-order chi connectivity index (χ0) is 16.8. The number of benzene rings is 1. The number of rotatable bonds is 5. The Balaban J connectivity index is 1.80. The summed E-state index contributed by atoms with van der Waals surface area (Å²) in [6, 6.07) is 5.30. The van der Waals surface area contributed by atoms with Gasteiger partial charge >= 0.3 is 0 Å². The fraction of sp³-hybridized carbons (Fsp3) is 0.467. The molecule has 1 aliphatic rings. The second-order valence-electron chi connectivity index (χ2n) is 5.17. The molecule has 23 heavy (non-hydrogen) atoms. The van der Waals surface area contributed by atoms with E-state index in [4.69, 9.17) is 23.2 Å². The van der Waals surface area contributed by atoms with E-state index in [1.165, 1.54) is 11.8 Å². The van der Waals surface area contributed by atoms with Crippen LogP contribution < -0.4 is 5.32 Å². The first-order valence-electron chi connectivity index (χ1n) is 7.28. The molecule has 0 aliphatic carbocycles. The summed E-state index contributed by atoms with van der Waals surface area (Å²) in [5.74, 6) is 0.359. The second kappa shape index (κ2) is 8.78. The zero-order valence-electron chi connectivity index (χ0n) is 12.8. The third-order valence-corrected chi connectivity index (χ3v) is 5.60. The molecule has 1 heterocycles. The summed E-state index contributed by atoms with van der Waals surface area (Å²) in [6.07, 6.45) is 0. The van der Waals surface area contributed by atoms with E-state index in [0.29, 0.717) is 48.5 Å². The highest BCUT2D eigenvalue weighted by Crippen LogP contribution is 2.33. The van der Waals surface area contributed by atoms with Crippen LogP contribution in [0, 0.1) is 0 Å². The van der Waals surface area contributed by atoms with Crippen molar-refractivity contribution < 1.29 is 9.59 Å². The average Bonchev–Trinajstić information content (AvgIpc) is 2.54. The van der Waals surface area contributed by atoms with Crippen LogP contribution >= 0.6 is 35.0 Å². The lowest BCUT2D eigenvalue weighted by Crippen LogP contribution is -2.51. The van der Waals surface area contributed by atoms with Crippen LogP contribution in [0.15, 0.2) is 23.1 Å². The summed E-state index contributed by atoms with van der Waals surface area (Å²) < 4.78 is 0. The molecule has 0 bridgehead atoms. The van der Waals surface area contributed by atoms with E-state index in [9.17, 15) is 9.59 Å². The largest absolute Gasteiger partial charge is 0.358 e. The standard InChI is InChI=1S/C15H19Cl2N3O2S/c1-18-13(21)9-19-5-7-20(8-6-19)14(22)10-23-15-11(16)3-2-4-12(15)17/h2-4H,5-10H2,1H3,(H,18,21). The van der Waals surface area contributed by atoms with Crippen molar-refractivity contribution in [3.05, 3.63) is 28.2 Å². The van der Waals surface area contributed by atoms with Crippen LogP contribution in [0.25, 0.3) is 0 Å². The molecule has 1 aromatic carbocycles. The summed E-state index contributed by atoms with van der Waals surface area (Å²) in [7, 11) is 1.62. The maximum Gasteiger partial charge on any atom is 0.233 e. The van der Waals surface area contributed by atoms with Gasteiger partial charge in [0.15, 0.2) is 0 Å². The van der Waals surface area contributed by atoms with Gasteiger partial charge in [-0.25, -0.2) is 0 Å². The number of nitrogens with zero attached hydrogens (tertiary/aromatic N) is 2. The molecule has 0 radical (unpaired) electrons. The summed E-state index contributed by atoms with van der Waals surface area (Å²) in [5.41, 5.74) is 0. The Hall–Kier alpha value is -0.950. The Morgan fingerprint density at radius 3 is 2.35 bits per heavy atom. The molecule has 1 aromatic rings. The van der Waals surface area contributed by atoms with Gasteiger partial charge < -0.3 is 10.2 Å². The van der Waals surface area contributed by atoms with Gasteiger partial charge in [0.2, 0.25) is 11.8 Å². The molecule has 5 nitrogen and oxygen atoms in total. The van der Waals surface area contributed by atoms with Crippen LogP contribution in [-0.4, -0.2) is 67.1 Å². The van der Waals surface area contributed by atoms with E-state index < -0.39 is 0 Å². The number of thioether (sulfide) groups is 1. The zero-order valence-corrected chi connectivity index (χ0v) is 15.2. The lowest BCUT2D eigenvalue weighted by molar-refractivity contribution is -0.130. The molecule has 0 unspecified atom stereocenters. The number of likely N-dealkylation sites (N-methyl/N-ethyl adjacent to an activating group) is 1. The van der Waals surface area contributed by atoms with Crippen LogP contribution in [0.3, 0.4) is 0 Å². The molecular weight excluding hydrogens is 357 g/mol. The normalized spacial score (nSPS) is 15.5. The fourth-order valence-corrected chi connectivity index (χ4v) is 3.87. The number of hydrogen-bond donors (Lipinski definition) is 1.